The molecule has 0 bridgehead atoms. The molecule has 0 aliphatic heterocycles. The molecule has 1 aromatic rings. The second kappa shape index (κ2) is 5.12. The second-order valence-electron chi connectivity index (χ2n) is 2.86. The maximum atomic E-state index is 5.60. The van der Waals surface area contributed by atoms with Gasteiger partial charge in [0, 0.05) is 7.05 Å². The Kier molecular flexibility index (Phi) is 3.80. The number of allylic oxidation sites excluding steroid dienone is 3. The molecule has 0 saturated heterocycles. The highest BCUT2D eigenvalue weighted by atomic mass is 16.5. The molecule has 2 nitrogen and oxygen atoms in total. The van der Waals surface area contributed by atoms with Gasteiger partial charge in [0.25, 0.3) is 0 Å². The first-order valence-electron chi connectivity index (χ1n) is 4.52. The van der Waals surface area contributed by atoms with Gasteiger partial charge in [-0.15, -0.1) is 0 Å². The number of hydrogen-bond donors (Lipinski definition) is 1. The molecular weight excluding hydrogens is 174 g/mol. The number of rotatable bonds is 4. The van der Waals surface area contributed by atoms with Crippen molar-refractivity contribution in [1.82, 2.24) is 0 Å². The second-order valence-corrected chi connectivity index (χ2v) is 2.86. The van der Waals surface area contributed by atoms with E-state index in [4.69, 9.17) is 4.74 Å². The van der Waals surface area contributed by atoms with E-state index in [9.17, 15) is 0 Å². The van der Waals surface area contributed by atoms with Crippen LogP contribution in [0.4, 0.5) is 5.69 Å². The van der Waals surface area contributed by atoms with Crippen LogP contribution in [0.25, 0.3) is 0 Å². The SMILES string of the molecule is C=C/C=C(\C)Oc1ccccc1NC. The summed E-state index contributed by atoms with van der Waals surface area (Å²) in [4.78, 5) is 0. The predicted molar refractivity (Wildman–Crippen MR) is 60.6 cm³/mol. The Morgan fingerprint density at radius 3 is 2.79 bits per heavy atom. The molecule has 14 heavy (non-hydrogen) atoms. The molecule has 0 radical (unpaired) electrons. The van der Waals surface area contributed by atoms with E-state index in [1.807, 2.05) is 44.3 Å². The molecule has 1 rings (SSSR count). The van der Waals surface area contributed by atoms with E-state index in [1.54, 1.807) is 6.08 Å². The summed E-state index contributed by atoms with van der Waals surface area (Å²) in [6.45, 7) is 5.51. The smallest absolute Gasteiger partial charge is 0.149 e. The standard InChI is InChI=1S/C12H15NO/c1-4-7-10(2)14-12-9-6-5-8-11(12)13-3/h4-9,13H,1H2,2-3H3/b10-7+. The number of nitrogens with one attached hydrogen (secondary N) is 1. The minimum atomic E-state index is 0.822. The molecule has 0 unspecified atom stereocenters. The van der Waals surface area contributed by atoms with Crippen LogP contribution in [-0.4, -0.2) is 7.05 Å². The molecule has 0 aliphatic rings. The van der Waals surface area contributed by atoms with Crippen LogP contribution in [0.15, 0.2) is 48.8 Å². The topological polar surface area (TPSA) is 21.3 Å². The molecule has 0 saturated carbocycles. The molecule has 1 aromatic carbocycles. The van der Waals surface area contributed by atoms with Gasteiger partial charge in [0.1, 0.15) is 11.5 Å². The van der Waals surface area contributed by atoms with Crippen molar-refractivity contribution in [3.8, 4) is 5.75 Å². The summed E-state index contributed by atoms with van der Waals surface area (Å²) in [5, 5.41) is 3.06. The van der Waals surface area contributed by atoms with E-state index < -0.39 is 0 Å². The Morgan fingerprint density at radius 2 is 2.14 bits per heavy atom. The van der Waals surface area contributed by atoms with Crippen molar-refractivity contribution in [3.63, 3.8) is 0 Å². The monoisotopic (exact) mass is 189 g/mol. The number of hydrogen-bond acceptors (Lipinski definition) is 2. The van der Waals surface area contributed by atoms with E-state index in [-0.39, 0.29) is 0 Å². The maximum Gasteiger partial charge on any atom is 0.149 e. The van der Waals surface area contributed by atoms with Gasteiger partial charge in [-0.3, -0.25) is 0 Å². The highest BCUT2D eigenvalue weighted by molar-refractivity contribution is 5.56. The summed E-state index contributed by atoms with van der Waals surface area (Å²) in [7, 11) is 1.87. The fraction of sp³-hybridized carbons (Fsp3) is 0.167. The maximum absolute atomic E-state index is 5.60. The fourth-order valence-electron chi connectivity index (χ4n) is 1.14. The van der Waals surface area contributed by atoms with Crippen molar-refractivity contribution in [1.29, 1.82) is 0 Å². The minimum Gasteiger partial charge on any atom is -0.460 e. The number of benzene rings is 1. The van der Waals surface area contributed by atoms with E-state index in [0.717, 1.165) is 17.2 Å². The highest BCUT2D eigenvalue weighted by Crippen LogP contribution is 2.24. The van der Waals surface area contributed by atoms with Crippen LogP contribution in [0, 0.1) is 0 Å². The number of para-hydroxylation sites is 2. The summed E-state index contributed by atoms with van der Waals surface area (Å²) in [5.74, 6) is 1.65. The minimum absolute atomic E-state index is 0.822. The number of anilines is 1. The number of ether oxygens (including phenoxy) is 1. The van der Waals surface area contributed by atoms with E-state index >= 15 is 0 Å². The third kappa shape index (κ3) is 2.66. The summed E-state index contributed by atoms with van der Waals surface area (Å²) in [5.41, 5.74) is 0.976. The molecule has 0 atom stereocenters. The van der Waals surface area contributed by atoms with Gasteiger partial charge >= 0.3 is 0 Å². The van der Waals surface area contributed by atoms with Crippen LogP contribution in [-0.2, 0) is 0 Å². The van der Waals surface area contributed by atoms with Gasteiger partial charge in [0.05, 0.1) is 5.69 Å². The van der Waals surface area contributed by atoms with Crippen molar-refractivity contribution < 1.29 is 4.74 Å². The third-order valence-electron chi connectivity index (χ3n) is 1.78. The molecule has 1 N–H and O–H groups in total. The lowest BCUT2D eigenvalue weighted by molar-refractivity contribution is 0.430. The Labute approximate surface area is 84.9 Å². The lowest BCUT2D eigenvalue weighted by atomic mass is 10.3. The lowest BCUT2D eigenvalue weighted by Crippen LogP contribution is -1.95. The van der Waals surface area contributed by atoms with Crippen LogP contribution in [0.1, 0.15) is 6.92 Å². The Morgan fingerprint density at radius 1 is 1.43 bits per heavy atom. The Hall–Kier alpha value is -1.70. The van der Waals surface area contributed by atoms with Crippen molar-refractivity contribution in [2.45, 2.75) is 6.92 Å². The Balaban J connectivity index is 2.85. The average Bonchev–Trinajstić information content (AvgIpc) is 2.19. The van der Waals surface area contributed by atoms with Crippen molar-refractivity contribution in [2.24, 2.45) is 0 Å². The largest absolute Gasteiger partial charge is 0.460 e. The van der Waals surface area contributed by atoms with Gasteiger partial charge in [-0.1, -0.05) is 24.8 Å². The predicted octanol–water partition coefficient (Wildman–Crippen LogP) is 3.20. The van der Waals surface area contributed by atoms with Gasteiger partial charge in [-0.2, -0.15) is 0 Å². The zero-order valence-electron chi connectivity index (χ0n) is 8.58. The molecule has 0 fully saturated rings. The summed E-state index contributed by atoms with van der Waals surface area (Å²) in [6, 6.07) is 7.80. The molecular formula is C12H15NO. The van der Waals surface area contributed by atoms with Crippen LogP contribution >= 0.6 is 0 Å². The fourth-order valence-corrected chi connectivity index (χ4v) is 1.14. The highest BCUT2D eigenvalue weighted by Gasteiger charge is 2.00. The summed E-state index contributed by atoms with van der Waals surface area (Å²) >= 11 is 0. The van der Waals surface area contributed by atoms with Gasteiger partial charge in [-0.25, -0.2) is 0 Å². The molecule has 0 aliphatic carbocycles. The summed E-state index contributed by atoms with van der Waals surface area (Å²) < 4.78 is 5.60. The quantitative estimate of drug-likeness (QED) is 0.580. The van der Waals surface area contributed by atoms with E-state index in [2.05, 4.69) is 11.9 Å². The van der Waals surface area contributed by atoms with Crippen LogP contribution in [0.2, 0.25) is 0 Å². The average molecular weight is 189 g/mol. The van der Waals surface area contributed by atoms with Crippen molar-refractivity contribution >= 4 is 5.69 Å². The van der Waals surface area contributed by atoms with Crippen LogP contribution < -0.4 is 10.1 Å². The Bertz CT molecular complexity index is 342. The third-order valence-corrected chi connectivity index (χ3v) is 1.78. The van der Waals surface area contributed by atoms with Crippen LogP contribution in [0.3, 0.4) is 0 Å². The molecule has 0 spiro atoms. The van der Waals surface area contributed by atoms with E-state index in [1.165, 1.54) is 0 Å². The molecule has 0 aromatic heterocycles. The van der Waals surface area contributed by atoms with Gasteiger partial charge in [0.2, 0.25) is 0 Å². The van der Waals surface area contributed by atoms with Crippen molar-refractivity contribution in [3.05, 3.63) is 48.8 Å². The molecule has 74 valence electrons. The van der Waals surface area contributed by atoms with Gasteiger partial charge < -0.3 is 10.1 Å². The first-order chi connectivity index (χ1) is 6.77. The van der Waals surface area contributed by atoms with Crippen molar-refractivity contribution in [2.75, 3.05) is 12.4 Å². The summed E-state index contributed by atoms with van der Waals surface area (Å²) in [6.07, 6.45) is 3.53. The normalized spacial score (nSPS) is 10.9. The van der Waals surface area contributed by atoms with Gasteiger partial charge in [0.15, 0.2) is 0 Å². The molecule has 2 heteroatoms. The zero-order chi connectivity index (χ0) is 10.4. The van der Waals surface area contributed by atoms with Gasteiger partial charge in [-0.05, 0) is 25.1 Å². The van der Waals surface area contributed by atoms with Crippen LogP contribution in [0.5, 0.6) is 5.75 Å². The lowest BCUT2D eigenvalue weighted by Gasteiger charge is -2.10. The molecule has 0 heterocycles. The first-order valence-corrected chi connectivity index (χ1v) is 4.52. The molecule has 0 amide bonds. The van der Waals surface area contributed by atoms with E-state index in [0.29, 0.717) is 0 Å². The zero-order valence-corrected chi connectivity index (χ0v) is 8.58. The first kappa shape index (κ1) is 10.4.